The minimum absolute atomic E-state index is 0.228. The van der Waals surface area contributed by atoms with Gasteiger partial charge in [0.15, 0.2) is 0 Å². The van der Waals surface area contributed by atoms with Gasteiger partial charge in [-0.05, 0) is 48.9 Å². The quantitative estimate of drug-likeness (QED) is 0.565. The van der Waals surface area contributed by atoms with Gasteiger partial charge in [0.25, 0.3) is 11.8 Å². The number of rotatable bonds is 7. The summed E-state index contributed by atoms with van der Waals surface area (Å²) in [5.74, 6) is -1.53. The van der Waals surface area contributed by atoms with E-state index in [1.807, 2.05) is 36.4 Å². The SMILES string of the molecule is COC(=O)[C@H](C)[C@@H](NC(=O)c1ccc(NC(=O)c2ccccc2)cc1)c1ccccc1. The van der Waals surface area contributed by atoms with Crippen molar-refractivity contribution in [1.82, 2.24) is 5.32 Å². The van der Waals surface area contributed by atoms with Crippen LogP contribution in [0, 0.1) is 5.92 Å². The number of carbonyl (C=O) groups excluding carboxylic acids is 3. The van der Waals surface area contributed by atoms with Crippen molar-refractivity contribution in [3.63, 3.8) is 0 Å². The molecule has 6 heteroatoms. The number of carbonyl (C=O) groups is 3. The topological polar surface area (TPSA) is 84.5 Å². The second kappa shape index (κ2) is 10.2. The fourth-order valence-electron chi connectivity index (χ4n) is 3.20. The van der Waals surface area contributed by atoms with Crippen molar-refractivity contribution in [2.24, 2.45) is 5.92 Å². The van der Waals surface area contributed by atoms with Gasteiger partial charge < -0.3 is 15.4 Å². The Balaban J connectivity index is 1.72. The number of anilines is 1. The third kappa shape index (κ3) is 5.57. The number of nitrogens with one attached hydrogen (secondary N) is 2. The van der Waals surface area contributed by atoms with E-state index in [9.17, 15) is 14.4 Å². The maximum Gasteiger partial charge on any atom is 0.310 e. The minimum Gasteiger partial charge on any atom is -0.469 e. The van der Waals surface area contributed by atoms with Crippen LogP contribution in [0.2, 0.25) is 0 Å². The van der Waals surface area contributed by atoms with Crippen molar-refractivity contribution >= 4 is 23.5 Å². The highest BCUT2D eigenvalue weighted by Crippen LogP contribution is 2.24. The molecular formula is C25H24N2O4. The van der Waals surface area contributed by atoms with Gasteiger partial charge in [-0.25, -0.2) is 0 Å². The first-order valence-electron chi connectivity index (χ1n) is 9.89. The molecule has 0 aliphatic rings. The molecular weight excluding hydrogens is 392 g/mol. The molecule has 0 spiro atoms. The van der Waals surface area contributed by atoms with Gasteiger partial charge >= 0.3 is 5.97 Å². The number of esters is 1. The highest BCUT2D eigenvalue weighted by Gasteiger charge is 2.28. The normalized spacial score (nSPS) is 12.3. The molecule has 2 amide bonds. The number of amides is 2. The second-order valence-corrected chi connectivity index (χ2v) is 7.07. The van der Waals surface area contributed by atoms with Gasteiger partial charge in [-0.2, -0.15) is 0 Å². The summed E-state index contributed by atoms with van der Waals surface area (Å²) in [5, 5.41) is 5.72. The van der Waals surface area contributed by atoms with Crippen LogP contribution >= 0.6 is 0 Å². The van der Waals surface area contributed by atoms with E-state index in [1.54, 1.807) is 55.5 Å². The number of hydrogen-bond acceptors (Lipinski definition) is 4. The van der Waals surface area contributed by atoms with E-state index in [2.05, 4.69) is 10.6 Å². The van der Waals surface area contributed by atoms with E-state index in [4.69, 9.17) is 4.74 Å². The molecule has 3 aromatic rings. The van der Waals surface area contributed by atoms with Crippen molar-refractivity contribution in [2.45, 2.75) is 13.0 Å². The summed E-state index contributed by atoms with van der Waals surface area (Å²) in [6.07, 6.45) is 0. The van der Waals surface area contributed by atoms with Gasteiger partial charge in [-0.15, -0.1) is 0 Å². The van der Waals surface area contributed by atoms with Crippen molar-refractivity contribution < 1.29 is 19.1 Å². The summed E-state index contributed by atoms with van der Waals surface area (Å²) in [7, 11) is 1.32. The van der Waals surface area contributed by atoms with E-state index < -0.39 is 17.9 Å². The van der Waals surface area contributed by atoms with Crippen molar-refractivity contribution in [2.75, 3.05) is 12.4 Å². The van der Waals surface area contributed by atoms with Crippen LogP contribution in [-0.4, -0.2) is 24.9 Å². The highest BCUT2D eigenvalue weighted by atomic mass is 16.5. The third-order valence-electron chi connectivity index (χ3n) is 4.96. The molecule has 31 heavy (non-hydrogen) atoms. The minimum atomic E-state index is -0.569. The zero-order chi connectivity index (χ0) is 22.2. The van der Waals surface area contributed by atoms with Gasteiger partial charge in [0, 0.05) is 16.8 Å². The fourth-order valence-corrected chi connectivity index (χ4v) is 3.20. The molecule has 3 aromatic carbocycles. The smallest absolute Gasteiger partial charge is 0.310 e. The van der Waals surface area contributed by atoms with E-state index in [0.717, 1.165) is 5.56 Å². The molecule has 0 aliphatic carbocycles. The van der Waals surface area contributed by atoms with Gasteiger partial charge in [0.2, 0.25) is 0 Å². The fraction of sp³-hybridized carbons (Fsp3) is 0.160. The Hall–Kier alpha value is -3.93. The molecule has 0 bridgehead atoms. The lowest BCUT2D eigenvalue weighted by molar-refractivity contribution is -0.145. The Kier molecular flexibility index (Phi) is 7.17. The van der Waals surface area contributed by atoms with E-state index in [1.165, 1.54) is 7.11 Å². The maximum absolute atomic E-state index is 12.8. The Labute approximate surface area is 181 Å². The molecule has 0 saturated heterocycles. The van der Waals surface area contributed by atoms with Crippen molar-refractivity contribution in [3.8, 4) is 0 Å². The molecule has 2 atom stereocenters. The predicted octanol–water partition coefficient (Wildman–Crippen LogP) is 4.22. The first-order valence-corrected chi connectivity index (χ1v) is 9.89. The number of ether oxygens (including phenoxy) is 1. The molecule has 0 heterocycles. The highest BCUT2D eigenvalue weighted by molar-refractivity contribution is 6.04. The molecule has 158 valence electrons. The van der Waals surface area contributed by atoms with Crippen LogP contribution < -0.4 is 10.6 Å². The number of benzene rings is 3. The molecule has 0 radical (unpaired) electrons. The second-order valence-electron chi connectivity index (χ2n) is 7.07. The Morgan fingerprint density at radius 2 is 1.29 bits per heavy atom. The van der Waals surface area contributed by atoms with Crippen LogP contribution in [-0.2, 0) is 9.53 Å². The average molecular weight is 416 g/mol. The first kappa shape index (κ1) is 21.8. The third-order valence-corrected chi connectivity index (χ3v) is 4.96. The maximum atomic E-state index is 12.8. The first-order chi connectivity index (χ1) is 15.0. The van der Waals surface area contributed by atoms with E-state index in [0.29, 0.717) is 16.8 Å². The zero-order valence-electron chi connectivity index (χ0n) is 17.4. The van der Waals surface area contributed by atoms with Crippen LogP contribution in [0.4, 0.5) is 5.69 Å². The van der Waals surface area contributed by atoms with E-state index in [-0.39, 0.29) is 11.8 Å². The molecule has 0 unspecified atom stereocenters. The van der Waals surface area contributed by atoms with Crippen molar-refractivity contribution in [3.05, 3.63) is 102 Å². The summed E-state index contributed by atoms with van der Waals surface area (Å²) in [5.41, 5.74) is 2.34. The van der Waals surface area contributed by atoms with E-state index >= 15 is 0 Å². The van der Waals surface area contributed by atoms with Crippen LogP contribution in [0.25, 0.3) is 0 Å². The molecule has 6 nitrogen and oxygen atoms in total. The lowest BCUT2D eigenvalue weighted by atomic mass is 9.94. The Morgan fingerprint density at radius 1 is 0.742 bits per heavy atom. The number of methoxy groups -OCH3 is 1. The van der Waals surface area contributed by atoms with Crippen molar-refractivity contribution in [1.29, 1.82) is 0 Å². The lowest BCUT2D eigenvalue weighted by Crippen LogP contribution is -2.36. The molecule has 0 aliphatic heterocycles. The summed E-state index contributed by atoms with van der Waals surface area (Å²) in [4.78, 5) is 37.2. The molecule has 0 saturated carbocycles. The van der Waals surface area contributed by atoms with Gasteiger partial charge in [-0.1, -0.05) is 48.5 Å². The molecule has 3 rings (SSSR count). The van der Waals surface area contributed by atoms with Crippen LogP contribution in [0.1, 0.15) is 39.2 Å². The lowest BCUT2D eigenvalue weighted by Gasteiger charge is -2.24. The Morgan fingerprint density at radius 3 is 1.87 bits per heavy atom. The Bertz CT molecular complexity index is 1030. The number of hydrogen-bond donors (Lipinski definition) is 2. The average Bonchev–Trinajstić information content (AvgIpc) is 2.83. The predicted molar refractivity (Wildman–Crippen MR) is 119 cm³/mol. The summed E-state index contributed by atoms with van der Waals surface area (Å²) < 4.78 is 4.86. The zero-order valence-corrected chi connectivity index (χ0v) is 17.4. The van der Waals surface area contributed by atoms with Gasteiger partial charge in [-0.3, -0.25) is 14.4 Å². The largest absolute Gasteiger partial charge is 0.469 e. The van der Waals surface area contributed by atoms with Gasteiger partial charge in [0.1, 0.15) is 0 Å². The van der Waals surface area contributed by atoms with Crippen LogP contribution in [0.3, 0.4) is 0 Å². The molecule has 0 fully saturated rings. The van der Waals surface area contributed by atoms with Crippen LogP contribution in [0.5, 0.6) is 0 Å². The van der Waals surface area contributed by atoms with Crippen LogP contribution in [0.15, 0.2) is 84.9 Å². The summed E-state index contributed by atoms with van der Waals surface area (Å²) in [6, 6.07) is 24.2. The summed E-state index contributed by atoms with van der Waals surface area (Å²) in [6.45, 7) is 1.71. The monoisotopic (exact) mass is 416 g/mol. The molecule has 2 N–H and O–H groups in total. The van der Waals surface area contributed by atoms with Gasteiger partial charge in [0.05, 0.1) is 19.1 Å². The summed E-state index contributed by atoms with van der Waals surface area (Å²) >= 11 is 0. The standard InChI is InChI=1S/C25H24N2O4/c1-17(25(30)31-2)22(18-9-5-3-6-10-18)27-24(29)20-13-15-21(16-14-20)26-23(28)19-11-7-4-8-12-19/h3-17,22H,1-2H3,(H,26,28)(H,27,29)/t17-,22-/m1/s1. The molecule has 0 aromatic heterocycles.